The highest BCUT2D eigenvalue weighted by molar-refractivity contribution is 5.73. The van der Waals surface area contributed by atoms with E-state index in [1.165, 1.54) is 4.90 Å². The molecule has 2 aromatic heterocycles. The predicted molar refractivity (Wildman–Crippen MR) is 98.6 cm³/mol. The summed E-state index contributed by atoms with van der Waals surface area (Å²) in [5.74, 6) is 0.717. The van der Waals surface area contributed by atoms with Gasteiger partial charge in [-0.05, 0) is 6.07 Å². The topological polar surface area (TPSA) is 82.4 Å². The summed E-state index contributed by atoms with van der Waals surface area (Å²) in [5, 5.41) is 7.43. The molecular weight excluding hydrogens is 332 g/mol. The van der Waals surface area contributed by atoms with E-state index in [0.717, 1.165) is 49.1 Å². The highest BCUT2D eigenvalue weighted by Crippen LogP contribution is 2.16. The van der Waals surface area contributed by atoms with E-state index in [-0.39, 0.29) is 6.03 Å². The second-order valence-electron chi connectivity index (χ2n) is 6.90. The van der Waals surface area contributed by atoms with Gasteiger partial charge in [0.05, 0.1) is 24.5 Å². The Balaban J connectivity index is 1.58. The predicted octanol–water partition coefficient (Wildman–Crippen LogP) is 0.526. The van der Waals surface area contributed by atoms with E-state index >= 15 is 0 Å². The number of nitrogens with one attached hydrogen (secondary N) is 1. The SMILES string of the molecule is CN(C)C(=O)NCc1cc2n(n1)CCN(Cc1cnc(N(C)C)nc1)C2. The molecule has 0 saturated heterocycles. The number of anilines is 1. The van der Waals surface area contributed by atoms with Crippen molar-refractivity contribution in [3.8, 4) is 0 Å². The van der Waals surface area contributed by atoms with E-state index in [9.17, 15) is 4.79 Å². The highest BCUT2D eigenvalue weighted by Gasteiger charge is 2.19. The van der Waals surface area contributed by atoms with Gasteiger partial charge in [-0.3, -0.25) is 9.58 Å². The first-order valence-electron chi connectivity index (χ1n) is 8.63. The molecule has 9 heteroatoms. The number of carbonyl (C=O) groups excluding carboxylic acids is 1. The average molecular weight is 358 g/mol. The van der Waals surface area contributed by atoms with Crippen LogP contribution < -0.4 is 10.2 Å². The standard InChI is InChI=1S/C17H26N8O/c1-22(2)16-18-8-13(9-19-16)11-24-5-6-25-15(12-24)7-14(21-25)10-20-17(26)23(3)4/h7-9H,5-6,10-12H2,1-4H3,(H,20,26). The molecule has 0 aliphatic carbocycles. The molecular formula is C17H26N8O. The van der Waals surface area contributed by atoms with Crippen LogP contribution in [0.4, 0.5) is 10.7 Å². The summed E-state index contributed by atoms with van der Waals surface area (Å²) in [6.07, 6.45) is 3.77. The van der Waals surface area contributed by atoms with Gasteiger partial charge in [0.25, 0.3) is 0 Å². The van der Waals surface area contributed by atoms with Crippen molar-refractivity contribution in [1.82, 2.24) is 34.9 Å². The van der Waals surface area contributed by atoms with Gasteiger partial charge in [-0.1, -0.05) is 0 Å². The summed E-state index contributed by atoms with van der Waals surface area (Å²) in [4.78, 5) is 26.1. The van der Waals surface area contributed by atoms with Crippen LogP contribution in [0, 0.1) is 0 Å². The van der Waals surface area contributed by atoms with Gasteiger partial charge < -0.3 is 15.1 Å². The van der Waals surface area contributed by atoms with Crippen LogP contribution in [0.1, 0.15) is 17.0 Å². The zero-order chi connectivity index (χ0) is 18.7. The van der Waals surface area contributed by atoms with E-state index in [2.05, 4.69) is 31.3 Å². The molecule has 1 aliphatic heterocycles. The lowest BCUT2D eigenvalue weighted by Crippen LogP contribution is -2.34. The third kappa shape index (κ3) is 4.29. The summed E-state index contributed by atoms with van der Waals surface area (Å²) < 4.78 is 2.03. The molecule has 3 heterocycles. The van der Waals surface area contributed by atoms with Crippen molar-refractivity contribution in [1.29, 1.82) is 0 Å². The van der Waals surface area contributed by atoms with Crippen LogP contribution in [-0.4, -0.2) is 70.3 Å². The summed E-state index contributed by atoms with van der Waals surface area (Å²) in [7, 11) is 7.30. The van der Waals surface area contributed by atoms with Gasteiger partial charge in [0.2, 0.25) is 5.95 Å². The van der Waals surface area contributed by atoms with Gasteiger partial charge in [0.15, 0.2) is 0 Å². The molecule has 0 radical (unpaired) electrons. The average Bonchev–Trinajstić information content (AvgIpc) is 3.02. The van der Waals surface area contributed by atoms with E-state index in [4.69, 9.17) is 0 Å². The smallest absolute Gasteiger partial charge is 0.317 e. The lowest BCUT2D eigenvalue weighted by atomic mass is 10.2. The second kappa shape index (κ2) is 7.69. The lowest BCUT2D eigenvalue weighted by Gasteiger charge is -2.27. The Kier molecular flexibility index (Phi) is 5.36. The molecule has 1 N–H and O–H groups in total. The molecule has 1 aliphatic rings. The molecule has 9 nitrogen and oxygen atoms in total. The van der Waals surface area contributed by atoms with Crippen LogP contribution in [0.15, 0.2) is 18.5 Å². The molecule has 0 bridgehead atoms. The number of amides is 2. The van der Waals surface area contributed by atoms with Gasteiger partial charge in [0.1, 0.15) is 0 Å². The fourth-order valence-electron chi connectivity index (χ4n) is 2.84. The van der Waals surface area contributed by atoms with Crippen LogP contribution in [0.5, 0.6) is 0 Å². The molecule has 0 unspecified atom stereocenters. The minimum atomic E-state index is -0.112. The van der Waals surface area contributed by atoms with Crippen LogP contribution in [-0.2, 0) is 26.2 Å². The zero-order valence-electron chi connectivity index (χ0n) is 15.8. The van der Waals surface area contributed by atoms with Crippen molar-refractivity contribution in [3.63, 3.8) is 0 Å². The first-order valence-corrected chi connectivity index (χ1v) is 8.63. The number of urea groups is 1. The number of hydrogen-bond donors (Lipinski definition) is 1. The van der Waals surface area contributed by atoms with Gasteiger partial charge in [-0.15, -0.1) is 0 Å². The summed E-state index contributed by atoms with van der Waals surface area (Å²) in [6, 6.07) is 1.95. The number of carbonyl (C=O) groups is 1. The molecule has 26 heavy (non-hydrogen) atoms. The van der Waals surface area contributed by atoms with E-state index in [1.54, 1.807) is 14.1 Å². The van der Waals surface area contributed by atoms with Crippen molar-refractivity contribution in [3.05, 3.63) is 35.4 Å². The van der Waals surface area contributed by atoms with E-state index in [1.807, 2.05) is 36.1 Å². The number of fused-ring (bicyclic) bond motifs is 1. The lowest BCUT2D eigenvalue weighted by molar-refractivity contribution is 0.204. The largest absolute Gasteiger partial charge is 0.347 e. The van der Waals surface area contributed by atoms with Crippen molar-refractivity contribution >= 4 is 12.0 Å². The fourth-order valence-corrected chi connectivity index (χ4v) is 2.84. The minimum Gasteiger partial charge on any atom is -0.347 e. The van der Waals surface area contributed by atoms with Gasteiger partial charge >= 0.3 is 6.03 Å². The van der Waals surface area contributed by atoms with Crippen molar-refractivity contribution in [2.45, 2.75) is 26.2 Å². The molecule has 0 spiro atoms. The molecule has 2 aromatic rings. The first-order chi connectivity index (χ1) is 12.4. The molecule has 0 atom stereocenters. The molecule has 140 valence electrons. The van der Waals surface area contributed by atoms with Crippen molar-refractivity contribution in [2.75, 3.05) is 39.6 Å². The van der Waals surface area contributed by atoms with E-state index < -0.39 is 0 Å². The second-order valence-corrected chi connectivity index (χ2v) is 6.90. The third-order valence-corrected chi connectivity index (χ3v) is 4.25. The van der Waals surface area contributed by atoms with Crippen LogP contribution in [0.3, 0.4) is 0 Å². The Morgan fingerprint density at radius 3 is 2.58 bits per heavy atom. The Bertz CT molecular complexity index is 753. The monoisotopic (exact) mass is 358 g/mol. The highest BCUT2D eigenvalue weighted by atomic mass is 16.2. The molecule has 0 saturated carbocycles. The summed E-state index contributed by atoms with van der Waals surface area (Å²) >= 11 is 0. The first kappa shape index (κ1) is 18.1. The maximum absolute atomic E-state index is 11.6. The van der Waals surface area contributed by atoms with Crippen LogP contribution in [0.25, 0.3) is 0 Å². The normalized spacial score (nSPS) is 14.0. The van der Waals surface area contributed by atoms with Gasteiger partial charge in [-0.25, -0.2) is 14.8 Å². The van der Waals surface area contributed by atoms with Gasteiger partial charge in [0, 0.05) is 65.8 Å². The Labute approximate surface area is 153 Å². The maximum Gasteiger partial charge on any atom is 0.317 e. The van der Waals surface area contributed by atoms with Crippen molar-refractivity contribution in [2.24, 2.45) is 0 Å². The van der Waals surface area contributed by atoms with Crippen LogP contribution >= 0.6 is 0 Å². The van der Waals surface area contributed by atoms with Crippen LogP contribution in [0.2, 0.25) is 0 Å². The van der Waals surface area contributed by atoms with Gasteiger partial charge in [-0.2, -0.15) is 5.10 Å². The molecule has 0 fully saturated rings. The number of aromatic nitrogens is 4. The minimum absolute atomic E-state index is 0.112. The quantitative estimate of drug-likeness (QED) is 0.839. The Morgan fingerprint density at radius 1 is 1.19 bits per heavy atom. The number of nitrogens with zero attached hydrogens (tertiary/aromatic N) is 7. The molecule has 2 amide bonds. The fraction of sp³-hybridized carbons (Fsp3) is 0.529. The number of rotatable bonds is 5. The molecule has 0 aromatic carbocycles. The van der Waals surface area contributed by atoms with Crippen molar-refractivity contribution < 1.29 is 4.79 Å². The third-order valence-electron chi connectivity index (χ3n) is 4.25. The number of hydrogen-bond acceptors (Lipinski definition) is 6. The molecule has 3 rings (SSSR count). The summed E-state index contributed by atoms with van der Waals surface area (Å²) in [5.41, 5.74) is 3.15. The summed E-state index contributed by atoms with van der Waals surface area (Å²) in [6.45, 7) is 3.84. The Hall–Kier alpha value is -2.68. The Morgan fingerprint density at radius 2 is 1.92 bits per heavy atom. The zero-order valence-corrected chi connectivity index (χ0v) is 15.8. The van der Waals surface area contributed by atoms with E-state index in [0.29, 0.717) is 6.54 Å². The maximum atomic E-state index is 11.6.